The monoisotopic (exact) mass is 267 g/mol. The van der Waals surface area contributed by atoms with Crippen LogP contribution in [0.3, 0.4) is 0 Å². The highest BCUT2D eigenvalue weighted by Gasteiger charge is 2.15. The van der Waals surface area contributed by atoms with Crippen LogP contribution in [0, 0.1) is 21.8 Å². The second-order valence-electron chi connectivity index (χ2n) is 5.01. The molecule has 0 N–H and O–H groups in total. The van der Waals surface area contributed by atoms with Crippen molar-refractivity contribution in [1.29, 1.82) is 0 Å². The Hall–Kier alpha value is -1.65. The van der Waals surface area contributed by atoms with Gasteiger partial charge >= 0.3 is 0 Å². The van der Waals surface area contributed by atoms with E-state index in [4.69, 9.17) is 4.74 Å². The van der Waals surface area contributed by atoms with Gasteiger partial charge < -0.3 is 4.74 Å². The zero-order valence-corrected chi connectivity index (χ0v) is 10.8. The predicted molar refractivity (Wildman–Crippen MR) is 69.7 cm³/mol. The van der Waals surface area contributed by atoms with Crippen molar-refractivity contribution < 1.29 is 14.1 Å². The van der Waals surface area contributed by atoms with Crippen LogP contribution in [-0.4, -0.2) is 11.5 Å². The zero-order valence-electron chi connectivity index (χ0n) is 10.8. The highest BCUT2D eigenvalue weighted by molar-refractivity contribution is 5.39. The molecule has 1 saturated carbocycles. The molecule has 0 spiro atoms. The van der Waals surface area contributed by atoms with E-state index in [1.807, 2.05) is 0 Å². The van der Waals surface area contributed by atoms with Crippen LogP contribution in [0.25, 0.3) is 0 Å². The van der Waals surface area contributed by atoms with Gasteiger partial charge in [0.05, 0.1) is 17.6 Å². The molecule has 1 aliphatic rings. The van der Waals surface area contributed by atoms with Gasteiger partial charge in [0.25, 0.3) is 5.69 Å². The van der Waals surface area contributed by atoms with Crippen molar-refractivity contribution in [2.24, 2.45) is 5.92 Å². The average molecular weight is 267 g/mol. The largest absolute Gasteiger partial charge is 0.490 e. The van der Waals surface area contributed by atoms with Crippen LogP contribution in [0.4, 0.5) is 10.1 Å². The third-order valence-electron chi connectivity index (χ3n) is 3.63. The average Bonchev–Trinajstić information content (AvgIpc) is 2.42. The standard InChI is InChI=1S/C14H18FNO3/c15-13-7-6-12(16(17)18)10-14(13)19-9-8-11-4-2-1-3-5-11/h6-7,10-11H,1-5,8-9H2. The maximum atomic E-state index is 13.5. The minimum absolute atomic E-state index is 0.0231. The fraction of sp³-hybridized carbons (Fsp3) is 0.571. The summed E-state index contributed by atoms with van der Waals surface area (Å²) >= 11 is 0. The molecular formula is C14H18FNO3. The minimum atomic E-state index is -0.548. The van der Waals surface area contributed by atoms with Crippen LogP contribution in [-0.2, 0) is 0 Å². The predicted octanol–water partition coefficient (Wildman–Crippen LogP) is 4.08. The first-order valence-corrected chi connectivity index (χ1v) is 6.73. The molecular weight excluding hydrogens is 249 g/mol. The number of hydrogen-bond donors (Lipinski definition) is 0. The van der Waals surface area contributed by atoms with Gasteiger partial charge in [-0.1, -0.05) is 32.1 Å². The molecule has 0 bridgehead atoms. The van der Waals surface area contributed by atoms with Crippen molar-refractivity contribution in [2.45, 2.75) is 38.5 Å². The summed E-state index contributed by atoms with van der Waals surface area (Å²) in [7, 11) is 0. The number of rotatable bonds is 5. The number of nitro groups is 1. The quantitative estimate of drug-likeness (QED) is 0.596. The molecule has 19 heavy (non-hydrogen) atoms. The lowest BCUT2D eigenvalue weighted by Crippen LogP contribution is -2.11. The summed E-state index contributed by atoms with van der Waals surface area (Å²) in [5.74, 6) is 0.0785. The second-order valence-corrected chi connectivity index (χ2v) is 5.01. The SMILES string of the molecule is O=[N+]([O-])c1ccc(F)c(OCCC2CCCCC2)c1. The second kappa shape index (κ2) is 6.50. The number of ether oxygens (including phenoxy) is 1. The molecule has 104 valence electrons. The van der Waals surface area contributed by atoms with Gasteiger partial charge in [0, 0.05) is 6.07 Å². The van der Waals surface area contributed by atoms with Crippen molar-refractivity contribution in [3.8, 4) is 5.75 Å². The van der Waals surface area contributed by atoms with Crippen LogP contribution in [0.5, 0.6) is 5.75 Å². The number of nitro benzene ring substituents is 1. The number of hydrogen-bond acceptors (Lipinski definition) is 3. The Morgan fingerprint density at radius 1 is 1.32 bits per heavy atom. The Balaban J connectivity index is 1.87. The fourth-order valence-corrected chi connectivity index (χ4v) is 2.53. The fourth-order valence-electron chi connectivity index (χ4n) is 2.53. The van der Waals surface area contributed by atoms with E-state index in [-0.39, 0.29) is 11.4 Å². The van der Waals surface area contributed by atoms with Gasteiger partial charge in [0.2, 0.25) is 0 Å². The number of benzene rings is 1. The molecule has 0 aliphatic heterocycles. The summed E-state index contributed by atoms with van der Waals surface area (Å²) in [6.45, 7) is 0.419. The zero-order chi connectivity index (χ0) is 13.7. The summed E-state index contributed by atoms with van der Waals surface area (Å²) in [4.78, 5) is 10.1. The first-order chi connectivity index (χ1) is 9.16. The van der Waals surface area contributed by atoms with E-state index in [1.165, 1.54) is 32.1 Å². The molecule has 5 heteroatoms. The van der Waals surface area contributed by atoms with Crippen LogP contribution in [0.2, 0.25) is 0 Å². The van der Waals surface area contributed by atoms with Gasteiger partial charge in [0.1, 0.15) is 0 Å². The topological polar surface area (TPSA) is 52.4 Å². The maximum Gasteiger partial charge on any atom is 0.273 e. The van der Waals surface area contributed by atoms with Gasteiger partial charge in [-0.3, -0.25) is 10.1 Å². The van der Waals surface area contributed by atoms with Crippen LogP contribution >= 0.6 is 0 Å². The lowest BCUT2D eigenvalue weighted by atomic mass is 9.87. The molecule has 0 heterocycles. The molecule has 0 atom stereocenters. The third-order valence-corrected chi connectivity index (χ3v) is 3.63. The molecule has 2 rings (SSSR count). The van der Waals surface area contributed by atoms with Crippen LogP contribution < -0.4 is 4.74 Å². The summed E-state index contributed by atoms with van der Waals surface area (Å²) in [5, 5.41) is 10.6. The molecule has 1 aliphatic carbocycles. The number of halogens is 1. The van der Waals surface area contributed by atoms with Crippen molar-refractivity contribution in [1.82, 2.24) is 0 Å². The highest BCUT2D eigenvalue weighted by atomic mass is 19.1. The molecule has 1 aromatic carbocycles. The molecule has 0 aromatic heterocycles. The van der Waals surface area contributed by atoms with Gasteiger partial charge in [-0.15, -0.1) is 0 Å². The first kappa shape index (κ1) is 13.8. The van der Waals surface area contributed by atoms with Crippen molar-refractivity contribution in [3.63, 3.8) is 0 Å². The van der Waals surface area contributed by atoms with E-state index in [0.717, 1.165) is 24.6 Å². The Labute approximate surface area is 111 Å². The molecule has 0 unspecified atom stereocenters. The third kappa shape index (κ3) is 3.91. The highest BCUT2D eigenvalue weighted by Crippen LogP contribution is 2.27. The smallest absolute Gasteiger partial charge is 0.273 e. The van der Waals surface area contributed by atoms with E-state index in [2.05, 4.69) is 0 Å². The van der Waals surface area contributed by atoms with Gasteiger partial charge in [-0.2, -0.15) is 0 Å². The Kier molecular flexibility index (Phi) is 4.71. The van der Waals surface area contributed by atoms with Crippen LogP contribution in [0.1, 0.15) is 38.5 Å². The van der Waals surface area contributed by atoms with E-state index in [0.29, 0.717) is 12.5 Å². The van der Waals surface area contributed by atoms with E-state index >= 15 is 0 Å². The molecule has 4 nitrogen and oxygen atoms in total. The van der Waals surface area contributed by atoms with Crippen molar-refractivity contribution in [3.05, 3.63) is 34.1 Å². The summed E-state index contributed by atoms with van der Waals surface area (Å²) in [6.07, 6.45) is 7.13. The first-order valence-electron chi connectivity index (χ1n) is 6.73. The van der Waals surface area contributed by atoms with Crippen molar-refractivity contribution >= 4 is 5.69 Å². The van der Waals surface area contributed by atoms with Gasteiger partial charge in [-0.25, -0.2) is 4.39 Å². The lowest BCUT2D eigenvalue weighted by Gasteiger charge is -2.21. The molecule has 1 fully saturated rings. The Morgan fingerprint density at radius 2 is 2.05 bits per heavy atom. The maximum absolute atomic E-state index is 13.5. The van der Waals surface area contributed by atoms with Crippen LogP contribution in [0.15, 0.2) is 18.2 Å². The Bertz CT molecular complexity index is 444. The molecule has 0 saturated heterocycles. The van der Waals surface area contributed by atoms with Crippen molar-refractivity contribution in [2.75, 3.05) is 6.61 Å². The summed E-state index contributed by atoms with van der Waals surface area (Å²) in [5.41, 5.74) is -0.144. The molecule has 0 amide bonds. The summed E-state index contributed by atoms with van der Waals surface area (Å²) in [6, 6.07) is 3.37. The number of non-ortho nitro benzene ring substituents is 1. The lowest BCUT2D eigenvalue weighted by molar-refractivity contribution is -0.385. The van der Waals surface area contributed by atoms with E-state index in [9.17, 15) is 14.5 Å². The van der Waals surface area contributed by atoms with Gasteiger partial charge in [-0.05, 0) is 18.4 Å². The van der Waals surface area contributed by atoms with E-state index in [1.54, 1.807) is 0 Å². The number of nitrogens with zero attached hydrogens (tertiary/aromatic N) is 1. The van der Waals surface area contributed by atoms with Gasteiger partial charge in [0.15, 0.2) is 11.6 Å². The minimum Gasteiger partial charge on any atom is -0.490 e. The molecule has 1 aromatic rings. The molecule has 0 radical (unpaired) electrons. The van der Waals surface area contributed by atoms with E-state index < -0.39 is 10.7 Å². The Morgan fingerprint density at radius 3 is 2.74 bits per heavy atom. The normalized spacial score (nSPS) is 16.3. The summed E-state index contributed by atoms with van der Waals surface area (Å²) < 4.78 is 18.8.